The van der Waals surface area contributed by atoms with Crippen LogP contribution in [0.1, 0.15) is 58.7 Å². The van der Waals surface area contributed by atoms with E-state index in [1.807, 2.05) is 18.3 Å². The maximum Gasteiger partial charge on any atom is 0.170 e. The summed E-state index contributed by atoms with van der Waals surface area (Å²) in [7, 11) is 0. The third-order valence-corrected chi connectivity index (χ3v) is 7.58. The van der Waals surface area contributed by atoms with Crippen LogP contribution in [-0.4, -0.2) is 38.8 Å². The van der Waals surface area contributed by atoms with Gasteiger partial charge in [-0.15, -0.1) is 0 Å². The molecule has 3 atom stereocenters. The van der Waals surface area contributed by atoms with Gasteiger partial charge in [0, 0.05) is 36.4 Å². The fourth-order valence-electron chi connectivity index (χ4n) is 5.38. The van der Waals surface area contributed by atoms with Crippen molar-refractivity contribution in [3.05, 3.63) is 82.4 Å². The normalized spacial score (nSPS) is 22.7. The smallest absolute Gasteiger partial charge is 0.170 e. The van der Waals surface area contributed by atoms with Gasteiger partial charge < -0.3 is 19.5 Å². The van der Waals surface area contributed by atoms with Crippen molar-refractivity contribution in [1.82, 2.24) is 19.8 Å². The van der Waals surface area contributed by atoms with Gasteiger partial charge in [-0.3, -0.25) is 4.98 Å². The van der Waals surface area contributed by atoms with E-state index in [4.69, 9.17) is 21.9 Å². The highest BCUT2D eigenvalue weighted by Gasteiger charge is 2.42. The van der Waals surface area contributed by atoms with Gasteiger partial charge in [0.05, 0.1) is 23.9 Å². The van der Waals surface area contributed by atoms with Crippen LogP contribution in [0, 0.1) is 27.7 Å². The second kappa shape index (κ2) is 8.92. The molecule has 0 unspecified atom stereocenters. The highest BCUT2D eigenvalue weighted by atomic mass is 32.1. The van der Waals surface area contributed by atoms with Crippen molar-refractivity contribution >= 4 is 17.3 Å². The number of nitrogens with zero attached hydrogens (tertiary/aromatic N) is 3. The lowest BCUT2D eigenvalue weighted by Crippen LogP contribution is -2.36. The number of benzene rings is 1. The van der Waals surface area contributed by atoms with Gasteiger partial charge in [0.1, 0.15) is 0 Å². The fourth-order valence-corrected chi connectivity index (χ4v) is 5.70. The first-order valence-corrected chi connectivity index (χ1v) is 12.2. The minimum Gasteiger partial charge on any atom is -0.376 e. The fraction of sp³-hybridized carbons (Fsp3) is 0.407. The molecule has 0 aliphatic carbocycles. The SMILES string of the molecule is Cc1cccc(-n2c(C)cc([C@@H]3[C@@H](c4ccccn4)NC(=S)N3C[C@@H]3CCCO3)c2C)c1C. The summed E-state index contributed by atoms with van der Waals surface area (Å²) in [5.74, 6) is 0. The van der Waals surface area contributed by atoms with Crippen molar-refractivity contribution in [2.24, 2.45) is 0 Å². The third-order valence-electron chi connectivity index (χ3n) is 7.23. The molecule has 5 rings (SSSR count). The van der Waals surface area contributed by atoms with E-state index in [2.05, 4.69) is 72.8 Å². The Hall–Kier alpha value is -2.70. The van der Waals surface area contributed by atoms with Crippen LogP contribution in [0.25, 0.3) is 5.69 Å². The second-order valence-electron chi connectivity index (χ2n) is 9.29. The van der Waals surface area contributed by atoms with E-state index in [-0.39, 0.29) is 18.2 Å². The molecule has 2 aliphatic heterocycles. The Morgan fingerprint density at radius 1 is 1.12 bits per heavy atom. The lowest BCUT2D eigenvalue weighted by Gasteiger charge is -2.30. The highest BCUT2D eigenvalue weighted by Crippen LogP contribution is 2.42. The first-order valence-electron chi connectivity index (χ1n) is 11.8. The lowest BCUT2D eigenvalue weighted by molar-refractivity contribution is 0.0842. The Balaban J connectivity index is 1.61. The summed E-state index contributed by atoms with van der Waals surface area (Å²) in [4.78, 5) is 7.03. The molecular formula is C27H32N4OS. The van der Waals surface area contributed by atoms with Crippen LogP contribution in [0.5, 0.6) is 0 Å². The molecule has 1 aromatic carbocycles. The van der Waals surface area contributed by atoms with Gasteiger partial charge >= 0.3 is 0 Å². The number of hydrogen-bond donors (Lipinski definition) is 1. The molecule has 2 aliphatic rings. The van der Waals surface area contributed by atoms with Gasteiger partial charge in [-0.1, -0.05) is 18.2 Å². The van der Waals surface area contributed by atoms with Gasteiger partial charge in [0.25, 0.3) is 0 Å². The van der Waals surface area contributed by atoms with Crippen molar-refractivity contribution in [2.75, 3.05) is 13.2 Å². The molecule has 0 saturated carbocycles. The first-order chi connectivity index (χ1) is 16.0. The number of aromatic nitrogens is 2. The number of thiocarbonyl (C=S) groups is 1. The van der Waals surface area contributed by atoms with E-state index < -0.39 is 0 Å². The Morgan fingerprint density at radius 2 is 1.97 bits per heavy atom. The molecule has 2 aromatic heterocycles. The average molecular weight is 461 g/mol. The summed E-state index contributed by atoms with van der Waals surface area (Å²) >= 11 is 5.87. The highest BCUT2D eigenvalue weighted by molar-refractivity contribution is 7.80. The molecule has 0 radical (unpaired) electrons. The van der Waals surface area contributed by atoms with E-state index >= 15 is 0 Å². The minimum absolute atomic E-state index is 0.00680. The first kappa shape index (κ1) is 22.1. The van der Waals surface area contributed by atoms with Gasteiger partial charge in [-0.05, 0) is 93.7 Å². The Kier molecular flexibility index (Phi) is 5.97. The maximum absolute atomic E-state index is 6.00. The van der Waals surface area contributed by atoms with Crippen LogP contribution < -0.4 is 5.32 Å². The van der Waals surface area contributed by atoms with Crippen LogP contribution in [0.2, 0.25) is 0 Å². The topological polar surface area (TPSA) is 42.3 Å². The number of nitrogens with one attached hydrogen (secondary N) is 1. The van der Waals surface area contributed by atoms with E-state index in [1.165, 1.54) is 33.8 Å². The molecule has 0 spiro atoms. The monoisotopic (exact) mass is 460 g/mol. The Bertz CT molecular complexity index is 1170. The molecule has 0 amide bonds. The van der Waals surface area contributed by atoms with E-state index in [0.717, 1.165) is 36.8 Å². The van der Waals surface area contributed by atoms with Crippen molar-refractivity contribution in [3.63, 3.8) is 0 Å². The molecule has 172 valence electrons. The zero-order valence-electron chi connectivity index (χ0n) is 19.8. The van der Waals surface area contributed by atoms with Crippen molar-refractivity contribution in [2.45, 2.75) is 58.7 Å². The van der Waals surface area contributed by atoms with E-state index in [1.54, 1.807) is 0 Å². The zero-order chi connectivity index (χ0) is 23.1. The molecular weight excluding hydrogens is 428 g/mol. The van der Waals surface area contributed by atoms with Gasteiger partial charge in [-0.25, -0.2) is 0 Å². The number of ether oxygens (including phenoxy) is 1. The number of aryl methyl sites for hydroxylation is 2. The van der Waals surface area contributed by atoms with Crippen molar-refractivity contribution in [3.8, 4) is 5.69 Å². The zero-order valence-corrected chi connectivity index (χ0v) is 20.7. The number of hydrogen-bond acceptors (Lipinski definition) is 3. The predicted molar refractivity (Wildman–Crippen MR) is 136 cm³/mol. The molecule has 3 aromatic rings. The quantitative estimate of drug-likeness (QED) is 0.526. The number of rotatable bonds is 5. The molecule has 5 nitrogen and oxygen atoms in total. The predicted octanol–water partition coefficient (Wildman–Crippen LogP) is 5.26. The Morgan fingerprint density at radius 3 is 2.70 bits per heavy atom. The van der Waals surface area contributed by atoms with E-state index in [9.17, 15) is 0 Å². The van der Waals surface area contributed by atoms with Crippen LogP contribution >= 0.6 is 12.2 Å². The van der Waals surface area contributed by atoms with Crippen molar-refractivity contribution < 1.29 is 4.74 Å². The summed E-state index contributed by atoms with van der Waals surface area (Å²) in [6.07, 6.45) is 4.28. The summed E-state index contributed by atoms with van der Waals surface area (Å²) < 4.78 is 8.38. The third kappa shape index (κ3) is 3.96. The second-order valence-corrected chi connectivity index (χ2v) is 9.68. The van der Waals surface area contributed by atoms with Crippen LogP contribution in [0.4, 0.5) is 0 Å². The van der Waals surface area contributed by atoms with Crippen LogP contribution in [-0.2, 0) is 4.74 Å². The molecule has 4 heterocycles. The Labute approximate surface area is 201 Å². The molecule has 1 N–H and O–H groups in total. The standard InChI is InChI=1S/C27H32N4OS/c1-17-9-7-12-24(19(17)3)31-18(2)15-22(20(31)4)26-25(23-11-5-6-13-28-23)29-27(33)30(26)16-21-10-8-14-32-21/h5-7,9,11-13,15,21,25-26H,8,10,14,16H2,1-4H3,(H,29,33)/t21-,25+,26+/m0/s1. The van der Waals surface area contributed by atoms with Gasteiger partial charge in [0.15, 0.2) is 5.11 Å². The minimum atomic E-state index is -0.00680. The molecule has 2 saturated heterocycles. The number of pyridine rings is 1. The summed E-state index contributed by atoms with van der Waals surface area (Å²) in [5, 5.41) is 4.37. The van der Waals surface area contributed by atoms with E-state index in [0.29, 0.717) is 0 Å². The molecule has 6 heteroatoms. The maximum atomic E-state index is 6.00. The van der Waals surface area contributed by atoms with Crippen LogP contribution in [0.15, 0.2) is 48.7 Å². The van der Waals surface area contributed by atoms with Crippen molar-refractivity contribution in [1.29, 1.82) is 0 Å². The lowest BCUT2D eigenvalue weighted by atomic mass is 9.96. The molecule has 33 heavy (non-hydrogen) atoms. The van der Waals surface area contributed by atoms with Gasteiger partial charge in [0.2, 0.25) is 0 Å². The average Bonchev–Trinajstić information content (AvgIpc) is 3.51. The summed E-state index contributed by atoms with van der Waals surface area (Å²) in [6.45, 7) is 10.4. The molecule has 2 fully saturated rings. The summed E-state index contributed by atoms with van der Waals surface area (Å²) in [6, 6.07) is 15.0. The summed E-state index contributed by atoms with van der Waals surface area (Å²) in [5.41, 5.74) is 8.62. The van der Waals surface area contributed by atoms with Crippen LogP contribution in [0.3, 0.4) is 0 Å². The molecule has 0 bridgehead atoms. The van der Waals surface area contributed by atoms with Gasteiger partial charge in [-0.2, -0.15) is 0 Å². The largest absolute Gasteiger partial charge is 0.376 e.